The molecule has 6 rings (SSSR count). The van der Waals surface area contributed by atoms with E-state index in [-0.39, 0.29) is 40.5 Å². The van der Waals surface area contributed by atoms with Gasteiger partial charge in [0, 0.05) is 6.42 Å². The Bertz CT molecular complexity index is 1840. The molecule has 4 aromatic heterocycles. The summed E-state index contributed by atoms with van der Waals surface area (Å²) in [5, 5.41) is 9.85. The number of nitrogens with zero attached hydrogens (tertiary/aromatic N) is 7. The molecule has 21 nitrogen and oxygen atoms in total. The smallest absolute Gasteiger partial charge is 0.394 e. The number of phosphoric ester groups is 1. The maximum absolute atomic E-state index is 15.7. The van der Waals surface area contributed by atoms with Crippen LogP contribution in [-0.4, -0.2) is 104 Å². The number of nitrogens with two attached hydrogens (primary N) is 2. The second kappa shape index (κ2) is 12.4. The topological polar surface area (TPSA) is 300 Å². The summed E-state index contributed by atoms with van der Waals surface area (Å²) < 4.78 is 69.9. The molecular weight excluding hydrogens is 649 g/mol. The van der Waals surface area contributed by atoms with Crippen molar-refractivity contribution in [2.24, 2.45) is 0 Å². The normalized spacial score (nSPS) is 29.0. The van der Waals surface area contributed by atoms with Gasteiger partial charge in [0.25, 0.3) is 5.56 Å². The number of anilines is 2. The van der Waals surface area contributed by atoms with Gasteiger partial charge in [0.1, 0.15) is 48.8 Å². The van der Waals surface area contributed by atoms with Crippen molar-refractivity contribution in [2.75, 3.05) is 31.0 Å². The Hall–Kier alpha value is -3.43. The van der Waals surface area contributed by atoms with Crippen LogP contribution in [0.4, 0.5) is 16.2 Å². The molecule has 244 valence electrons. The predicted molar refractivity (Wildman–Crippen MR) is 148 cm³/mol. The molecule has 24 heteroatoms. The number of halogens is 1. The number of aliphatic hydroxyl groups excluding tert-OH is 1. The maximum atomic E-state index is 15.7. The first-order chi connectivity index (χ1) is 21.5. The molecule has 6 heterocycles. The van der Waals surface area contributed by atoms with E-state index in [1.54, 1.807) is 0 Å². The summed E-state index contributed by atoms with van der Waals surface area (Å²) in [6, 6.07) is 0. The molecule has 0 radical (unpaired) electrons. The van der Waals surface area contributed by atoms with Crippen molar-refractivity contribution >= 4 is 49.9 Å². The van der Waals surface area contributed by atoms with Gasteiger partial charge in [0.2, 0.25) is 14.0 Å². The van der Waals surface area contributed by atoms with Crippen molar-refractivity contribution < 1.29 is 51.7 Å². The maximum Gasteiger partial charge on any atom is 0.472 e. The largest absolute Gasteiger partial charge is 0.472 e. The molecule has 8 N–H and O–H groups in total. The van der Waals surface area contributed by atoms with Gasteiger partial charge in [-0.25, -0.2) is 28.9 Å². The molecular formula is C21H27FN10O11P2. The number of aromatic amines is 1. The number of ether oxygens (including phenoxy) is 3. The van der Waals surface area contributed by atoms with Gasteiger partial charge >= 0.3 is 7.82 Å². The van der Waals surface area contributed by atoms with Gasteiger partial charge in [-0.05, 0) is 0 Å². The highest BCUT2D eigenvalue weighted by atomic mass is 31.2. The minimum Gasteiger partial charge on any atom is -0.394 e. The third kappa shape index (κ3) is 6.21. The lowest BCUT2D eigenvalue weighted by Crippen LogP contribution is -2.34. The quantitative estimate of drug-likeness (QED) is 0.103. The highest BCUT2D eigenvalue weighted by molar-refractivity contribution is 7.47. The number of aliphatic hydroxyl groups is 1. The van der Waals surface area contributed by atoms with E-state index in [0.717, 1.165) is 6.33 Å². The van der Waals surface area contributed by atoms with Gasteiger partial charge in [0.15, 0.2) is 35.0 Å². The Kier molecular flexibility index (Phi) is 8.69. The Morgan fingerprint density at radius 3 is 2.64 bits per heavy atom. The number of nitrogen functional groups attached to an aromatic ring is 2. The van der Waals surface area contributed by atoms with E-state index in [9.17, 15) is 28.8 Å². The minimum atomic E-state index is -4.95. The van der Waals surface area contributed by atoms with E-state index in [2.05, 4.69) is 29.9 Å². The zero-order valence-corrected chi connectivity index (χ0v) is 24.7. The van der Waals surface area contributed by atoms with E-state index in [1.807, 2.05) is 0 Å². The summed E-state index contributed by atoms with van der Waals surface area (Å²) in [5.41, 5.74) is 11.2. The number of hydrogen-bond acceptors (Lipinski definition) is 16. The van der Waals surface area contributed by atoms with Gasteiger partial charge in [-0.1, -0.05) is 0 Å². The van der Waals surface area contributed by atoms with Crippen molar-refractivity contribution in [1.82, 2.24) is 39.0 Å². The number of rotatable bonds is 11. The fourth-order valence-electron chi connectivity index (χ4n) is 5.14. The third-order valence-electron chi connectivity index (χ3n) is 7.12. The second-order valence-electron chi connectivity index (χ2n) is 9.99. The van der Waals surface area contributed by atoms with Crippen LogP contribution in [0.2, 0.25) is 0 Å². The number of phosphoric acid groups is 1. The van der Waals surface area contributed by atoms with Gasteiger partial charge in [-0.3, -0.25) is 32.5 Å². The monoisotopic (exact) mass is 676 g/mol. The minimum absolute atomic E-state index is 0.0299. The van der Waals surface area contributed by atoms with Crippen molar-refractivity contribution in [3.05, 3.63) is 29.3 Å². The predicted octanol–water partition coefficient (Wildman–Crippen LogP) is -1.05. The molecule has 2 aliphatic rings. The molecule has 0 spiro atoms. The molecule has 3 unspecified atom stereocenters. The molecule has 0 saturated carbocycles. The van der Waals surface area contributed by atoms with Crippen LogP contribution in [0.1, 0.15) is 18.9 Å². The Labute approximate surface area is 250 Å². The van der Waals surface area contributed by atoms with Crippen molar-refractivity contribution in [2.45, 2.75) is 49.5 Å². The molecule has 9 atom stereocenters. The number of hydrogen-bond donors (Lipinski definition) is 6. The van der Waals surface area contributed by atoms with Gasteiger partial charge in [-0.2, -0.15) is 4.98 Å². The molecule has 45 heavy (non-hydrogen) atoms. The van der Waals surface area contributed by atoms with Crippen LogP contribution in [0.3, 0.4) is 0 Å². The number of nitrogens with one attached hydrogen (secondary N) is 1. The first kappa shape index (κ1) is 31.5. The third-order valence-corrected chi connectivity index (χ3v) is 8.55. The molecule has 2 saturated heterocycles. The Morgan fingerprint density at radius 1 is 1.13 bits per heavy atom. The van der Waals surface area contributed by atoms with Crippen LogP contribution in [0.15, 0.2) is 23.8 Å². The summed E-state index contributed by atoms with van der Waals surface area (Å²) in [4.78, 5) is 54.2. The highest BCUT2D eigenvalue weighted by Crippen LogP contribution is 2.49. The fourth-order valence-corrected chi connectivity index (χ4v) is 6.44. The second-order valence-corrected chi connectivity index (χ2v) is 12.5. The van der Waals surface area contributed by atoms with Crippen molar-refractivity contribution in [3.63, 3.8) is 0 Å². The summed E-state index contributed by atoms with van der Waals surface area (Å²) in [6.45, 7) is -1.38. The zero-order valence-electron chi connectivity index (χ0n) is 22.8. The summed E-state index contributed by atoms with van der Waals surface area (Å²) in [7, 11) is -8.13. The average Bonchev–Trinajstić information content (AvgIpc) is 3.75. The SMILES string of the molecule is Nc1nc2c(ncn2[C@H]2CC(OP(=O)(O)OC[C@H]3O[C@@H](n4cnc5c(N)ncnc54)[C@@H](F)[C@H]3OC[PH](=O)O)[C@@H](CO)O2)c(=O)[nH]1. The molecule has 4 aromatic rings. The van der Waals surface area contributed by atoms with E-state index in [0.29, 0.717) is 0 Å². The molecule has 2 fully saturated rings. The first-order valence-electron chi connectivity index (χ1n) is 13.2. The number of fused-ring (bicyclic) bond motifs is 2. The molecule has 2 aliphatic heterocycles. The first-order valence-corrected chi connectivity index (χ1v) is 16.2. The lowest BCUT2D eigenvalue weighted by molar-refractivity contribution is -0.0618. The van der Waals surface area contributed by atoms with E-state index >= 15 is 4.39 Å². The summed E-state index contributed by atoms with van der Waals surface area (Å²) in [5.74, 6) is -0.141. The molecule has 0 aromatic carbocycles. The highest BCUT2D eigenvalue weighted by Gasteiger charge is 2.49. The summed E-state index contributed by atoms with van der Waals surface area (Å²) >= 11 is 0. The van der Waals surface area contributed by atoms with Crippen LogP contribution >= 0.6 is 15.9 Å². The molecule has 0 amide bonds. The van der Waals surface area contributed by atoms with E-state index < -0.39 is 84.0 Å². The number of H-pyrrole nitrogens is 1. The van der Waals surface area contributed by atoms with Gasteiger partial charge < -0.3 is 40.6 Å². The van der Waals surface area contributed by atoms with Crippen LogP contribution in [-0.2, 0) is 32.4 Å². The molecule has 0 aliphatic carbocycles. The lowest BCUT2D eigenvalue weighted by Gasteiger charge is -2.23. The van der Waals surface area contributed by atoms with Gasteiger partial charge in [0.05, 0.1) is 25.9 Å². The Balaban J connectivity index is 1.16. The van der Waals surface area contributed by atoms with Gasteiger partial charge in [-0.15, -0.1) is 0 Å². The van der Waals surface area contributed by atoms with Crippen LogP contribution in [0.5, 0.6) is 0 Å². The lowest BCUT2D eigenvalue weighted by atomic mass is 10.1. The van der Waals surface area contributed by atoms with Crippen molar-refractivity contribution in [1.29, 1.82) is 0 Å². The Morgan fingerprint density at radius 2 is 1.89 bits per heavy atom. The number of alkyl halides is 1. The fraction of sp³-hybridized carbons (Fsp3) is 0.524. The van der Waals surface area contributed by atoms with Crippen LogP contribution in [0, 0.1) is 0 Å². The van der Waals surface area contributed by atoms with E-state index in [1.165, 1.54) is 21.8 Å². The number of aromatic nitrogens is 8. The van der Waals surface area contributed by atoms with E-state index in [4.69, 9.17) is 34.7 Å². The van der Waals surface area contributed by atoms with Crippen LogP contribution < -0.4 is 17.0 Å². The van der Waals surface area contributed by atoms with Crippen LogP contribution in [0.25, 0.3) is 22.3 Å². The standard InChI is InChI=1S/C21H27FN10O11P2/c22-12-15(39-7-44(35)36)10(42-20(12)32-6-27-13-16(23)25-4-26-17(13)32)3-40-45(37,38)43-8-1-11(41-9(8)2-33)31-5-28-14-18(31)29-21(24)30-19(14)34/h4-6,8-12,15,20,33,44H,1-3,7H2,(H,35,36)(H,37,38)(H2,23,25,26)(H3,24,29,30,34)/t8?,9-,10-,11-,12+,15+,20-/m1/s1. The summed E-state index contributed by atoms with van der Waals surface area (Å²) in [6.07, 6.45) is -6.77. The number of imidazole rings is 2. The van der Waals surface area contributed by atoms with Crippen molar-refractivity contribution in [3.8, 4) is 0 Å². The zero-order chi connectivity index (χ0) is 32.0. The average molecular weight is 676 g/mol. The molecule has 0 bridgehead atoms.